The van der Waals surface area contributed by atoms with Crippen LogP contribution >= 0.6 is 11.6 Å². The highest BCUT2D eigenvalue weighted by Gasteiger charge is 2.31. The Morgan fingerprint density at radius 2 is 2.26 bits per heavy atom. The van der Waals surface area contributed by atoms with Crippen molar-refractivity contribution < 1.29 is 19.4 Å². The minimum Gasteiger partial charge on any atom is -0.495 e. The first-order valence-electron chi connectivity index (χ1n) is 5.79. The number of carbonyl (C=O) groups excluding carboxylic acids is 1. The monoisotopic (exact) mass is 283 g/mol. The van der Waals surface area contributed by atoms with Gasteiger partial charge in [-0.05, 0) is 17.7 Å². The second-order valence-electron chi connectivity index (χ2n) is 4.50. The third-order valence-corrected chi connectivity index (χ3v) is 3.61. The number of rotatable bonds is 3. The lowest BCUT2D eigenvalue weighted by molar-refractivity contribution is -0.137. The lowest BCUT2D eigenvalue weighted by Crippen LogP contribution is -2.33. The van der Waals surface area contributed by atoms with E-state index in [1.807, 2.05) is 0 Å². The fourth-order valence-corrected chi connectivity index (χ4v) is 2.55. The maximum atomic E-state index is 11.9. The van der Waals surface area contributed by atoms with E-state index in [9.17, 15) is 9.59 Å². The number of anilines is 1. The summed E-state index contributed by atoms with van der Waals surface area (Å²) in [5.41, 5.74) is 1.43. The summed E-state index contributed by atoms with van der Waals surface area (Å²) in [6.07, 6.45) is 0.0952. The number of carboxylic acids is 1. The van der Waals surface area contributed by atoms with Crippen molar-refractivity contribution in [3.8, 4) is 5.75 Å². The van der Waals surface area contributed by atoms with Crippen molar-refractivity contribution in [2.24, 2.45) is 0 Å². The summed E-state index contributed by atoms with van der Waals surface area (Å²) < 4.78 is 5.14. The Hall–Kier alpha value is -1.75. The summed E-state index contributed by atoms with van der Waals surface area (Å²) in [6.45, 7) is 0. The minimum atomic E-state index is -0.929. The van der Waals surface area contributed by atoms with E-state index in [0.29, 0.717) is 16.5 Å². The molecular formula is C13H14ClNO4. The van der Waals surface area contributed by atoms with Gasteiger partial charge in [-0.15, -0.1) is 0 Å². The zero-order valence-electron chi connectivity index (χ0n) is 10.6. The molecule has 1 aromatic carbocycles. The van der Waals surface area contributed by atoms with Gasteiger partial charge in [-0.25, -0.2) is 0 Å². The first kappa shape index (κ1) is 13.7. The van der Waals surface area contributed by atoms with E-state index in [4.69, 9.17) is 21.4 Å². The highest BCUT2D eigenvalue weighted by molar-refractivity contribution is 6.32. The fraction of sp³-hybridized carbons (Fsp3) is 0.385. The Morgan fingerprint density at radius 3 is 2.84 bits per heavy atom. The van der Waals surface area contributed by atoms with Gasteiger partial charge in [0.15, 0.2) is 0 Å². The standard InChI is InChI=1S/C13H14ClNO4/c1-15-10-6-9(14)11(19-2)5-8(10)7(3-12(15)16)4-13(17)18/h5-7H,3-4H2,1-2H3,(H,17,18). The molecule has 102 valence electrons. The molecule has 1 amide bonds. The largest absolute Gasteiger partial charge is 0.495 e. The molecule has 6 heteroatoms. The van der Waals surface area contributed by atoms with E-state index in [0.717, 1.165) is 5.56 Å². The summed E-state index contributed by atoms with van der Waals surface area (Å²) in [7, 11) is 3.15. The molecule has 0 aliphatic carbocycles. The number of hydrogen-bond acceptors (Lipinski definition) is 3. The van der Waals surface area contributed by atoms with Crippen LogP contribution in [-0.4, -0.2) is 31.1 Å². The molecule has 0 fully saturated rings. The molecule has 1 atom stereocenters. The van der Waals surface area contributed by atoms with E-state index in [2.05, 4.69) is 0 Å². The number of carboxylic acid groups (broad SMARTS) is 1. The molecule has 1 aromatic rings. The second-order valence-corrected chi connectivity index (χ2v) is 4.90. The highest BCUT2D eigenvalue weighted by Crippen LogP contribution is 2.42. The quantitative estimate of drug-likeness (QED) is 0.924. The van der Waals surface area contributed by atoms with Crippen molar-refractivity contribution in [3.05, 3.63) is 22.7 Å². The van der Waals surface area contributed by atoms with Crippen LogP contribution < -0.4 is 9.64 Å². The van der Waals surface area contributed by atoms with E-state index < -0.39 is 5.97 Å². The van der Waals surface area contributed by atoms with Gasteiger partial charge in [0.1, 0.15) is 5.75 Å². The average Bonchev–Trinajstić information content (AvgIpc) is 2.34. The maximum Gasteiger partial charge on any atom is 0.303 e. The van der Waals surface area contributed by atoms with Crippen molar-refractivity contribution in [1.82, 2.24) is 0 Å². The molecule has 0 aromatic heterocycles. The molecule has 1 unspecified atom stereocenters. The Labute approximate surface area is 115 Å². The third kappa shape index (κ3) is 2.51. The number of halogens is 1. The lowest BCUT2D eigenvalue weighted by Gasteiger charge is -2.31. The second kappa shape index (κ2) is 5.09. The molecule has 5 nitrogen and oxygen atoms in total. The van der Waals surface area contributed by atoms with Crippen LogP contribution in [0.25, 0.3) is 0 Å². The number of hydrogen-bond donors (Lipinski definition) is 1. The minimum absolute atomic E-state index is 0.0859. The fourth-order valence-electron chi connectivity index (χ4n) is 2.32. The van der Waals surface area contributed by atoms with Crippen LogP contribution in [0.5, 0.6) is 5.75 Å². The summed E-state index contributed by atoms with van der Waals surface area (Å²) in [4.78, 5) is 24.3. The molecule has 2 rings (SSSR count). The smallest absolute Gasteiger partial charge is 0.303 e. The zero-order valence-corrected chi connectivity index (χ0v) is 11.4. The Kier molecular flexibility index (Phi) is 3.66. The number of aliphatic carboxylic acids is 1. The van der Waals surface area contributed by atoms with E-state index in [1.165, 1.54) is 12.0 Å². The van der Waals surface area contributed by atoms with Crippen molar-refractivity contribution in [1.29, 1.82) is 0 Å². The number of fused-ring (bicyclic) bond motifs is 1. The van der Waals surface area contributed by atoms with Crippen LogP contribution in [0.3, 0.4) is 0 Å². The number of benzene rings is 1. The van der Waals surface area contributed by atoms with Gasteiger partial charge in [-0.2, -0.15) is 0 Å². The van der Waals surface area contributed by atoms with Crippen molar-refractivity contribution in [2.45, 2.75) is 18.8 Å². The predicted molar refractivity (Wildman–Crippen MR) is 71.0 cm³/mol. The molecule has 0 saturated carbocycles. The topological polar surface area (TPSA) is 66.8 Å². The van der Waals surface area contributed by atoms with Crippen LogP contribution in [0, 0.1) is 0 Å². The van der Waals surface area contributed by atoms with Gasteiger partial charge in [-0.1, -0.05) is 11.6 Å². The summed E-state index contributed by atoms with van der Waals surface area (Å²) >= 11 is 6.05. The Bertz CT molecular complexity index is 544. The summed E-state index contributed by atoms with van der Waals surface area (Å²) in [5.74, 6) is -0.900. The SMILES string of the molecule is COc1cc2c(cc1Cl)N(C)C(=O)CC2CC(=O)O. The van der Waals surface area contributed by atoms with Crippen LogP contribution in [0.2, 0.25) is 5.02 Å². The number of ether oxygens (including phenoxy) is 1. The molecule has 19 heavy (non-hydrogen) atoms. The van der Waals surface area contributed by atoms with Gasteiger partial charge in [-0.3, -0.25) is 9.59 Å². The van der Waals surface area contributed by atoms with Crippen molar-refractivity contribution >= 4 is 29.2 Å². The molecular weight excluding hydrogens is 270 g/mol. The molecule has 1 aliphatic heterocycles. The van der Waals surface area contributed by atoms with Gasteiger partial charge in [0.2, 0.25) is 5.91 Å². The Morgan fingerprint density at radius 1 is 1.58 bits per heavy atom. The number of carbonyl (C=O) groups is 2. The van der Waals surface area contributed by atoms with Crippen molar-refractivity contribution in [3.63, 3.8) is 0 Å². The van der Waals surface area contributed by atoms with Gasteiger partial charge in [0.05, 0.1) is 18.6 Å². The third-order valence-electron chi connectivity index (χ3n) is 3.32. The highest BCUT2D eigenvalue weighted by atomic mass is 35.5. The van der Waals surface area contributed by atoms with Crippen LogP contribution in [0.1, 0.15) is 24.3 Å². The predicted octanol–water partition coefficient (Wildman–Crippen LogP) is 2.27. The number of amides is 1. The molecule has 0 radical (unpaired) electrons. The summed E-state index contributed by atoms with van der Waals surface area (Å²) in [6, 6.07) is 3.36. The molecule has 1 N–H and O–H groups in total. The first-order valence-corrected chi connectivity index (χ1v) is 6.17. The molecule has 1 aliphatic rings. The van der Waals surface area contributed by atoms with Crippen LogP contribution in [-0.2, 0) is 9.59 Å². The van der Waals surface area contributed by atoms with Gasteiger partial charge in [0, 0.05) is 25.1 Å². The average molecular weight is 284 g/mol. The van der Waals surface area contributed by atoms with Crippen LogP contribution in [0.15, 0.2) is 12.1 Å². The molecule has 1 heterocycles. The zero-order chi connectivity index (χ0) is 14.2. The normalized spacial score (nSPS) is 18.2. The Balaban J connectivity index is 2.53. The lowest BCUT2D eigenvalue weighted by atomic mass is 9.87. The molecule has 0 saturated heterocycles. The molecule has 0 bridgehead atoms. The van der Waals surface area contributed by atoms with Gasteiger partial charge >= 0.3 is 5.97 Å². The number of methoxy groups -OCH3 is 1. The van der Waals surface area contributed by atoms with E-state index in [1.54, 1.807) is 19.2 Å². The first-order chi connectivity index (χ1) is 8.93. The van der Waals surface area contributed by atoms with Crippen molar-refractivity contribution in [2.75, 3.05) is 19.1 Å². The van der Waals surface area contributed by atoms with Gasteiger partial charge < -0.3 is 14.7 Å². The molecule has 0 spiro atoms. The maximum absolute atomic E-state index is 11.9. The van der Waals surface area contributed by atoms with Crippen LogP contribution in [0.4, 0.5) is 5.69 Å². The van der Waals surface area contributed by atoms with Gasteiger partial charge in [0.25, 0.3) is 0 Å². The van der Waals surface area contributed by atoms with E-state index in [-0.39, 0.29) is 24.7 Å². The summed E-state index contributed by atoms with van der Waals surface area (Å²) in [5, 5.41) is 9.34. The van der Waals surface area contributed by atoms with E-state index >= 15 is 0 Å². The number of nitrogens with zero attached hydrogens (tertiary/aromatic N) is 1.